The van der Waals surface area contributed by atoms with Gasteiger partial charge in [-0.05, 0) is 25.7 Å². The number of likely N-dealkylation sites (tertiary alicyclic amines) is 1. The average molecular weight is 243 g/mol. The molecular weight excluding hydrogens is 228 g/mol. The molecule has 1 aliphatic rings. The van der Waals surface area contributed by atoms with E-state index in [1.165, 1.54) is 6.26 Å². The maximum absolute atomic E-state index is 11.9. The summed E-state index contributed by atoms with van der Waals surface area (Å²) in [5.74, 6) is 0.470. The molecule has 0 aromatic carbocycles. The van der Waals surface area contributed by atoms with Crippen LogP contribution >= 0.6 is 11.6 Å². The minimum absolute atomic E-state index is 0.0468. The summed E-state index contributed by atoms with van der Waals surface area (Å²) >= 11 is 6.05. The molecule has 5 heteroatoms. The van der Waals surface area contributed by atoms with Gasteiger partial charge in [0.1, 0.15) is 6.26 Å². The monoisotopic (exact) mass is 242 g/mol. The molecule has 88 valence electrons. The molecule has 1 saturated heterocycles. The molecule has 0 spiro atoms. The molecule has 1 atom stereocenters. The average Bonchev–Trinajstić information content (AvgIpc) is 2.81. The van der Waals surface area contributed by atoms with Crippen LogP contribution in [0.4, 0.5) is 0 Å². The molecule has 1 aromatic rings. The number of amides is 1. The van der Waals surface area contributed by atoms with Gasteiger partial charge in [-0.2, -0.15) is 0 Å². The Morgan fingerprint density at radius 1 is 1.62 bits per heavy atom. The number of carbonyl (C=O) groups excluding carboxylic acids is 1. The Kier molecular flexibility index (Phi) is 3.49. The Morgan fingerprint density at radius 2 is 2.31 bits per heavy atom. The number of alkyl halides is 1. The minimum Gasteiger partial charge on any atom is -0.364 e. The van der Waals surface area contributed by atoms with Gasteiger partial charge in [0.2, 0.25) is 0 Å². The summed E-state index contributed by atoms with van der Waals surface area (Å²) < 4.78 is 4.67. The summed E-state index contributed by atoms with van der Waals surface area (Å²) in [6.07, 6.45) is 3.35. The molecular formula is C11H15ClN2O2. The van der Waals surface area contributed by atoms with E-state index in [1.807, 2.05) is 11.8 Å². The largest absolute Gasteiger partial charge is 0.364 e. The Hall–Kier alpha value is -1.03. The number of carbonyl (C=O) groups is 1. The molecule has 0 saturated carbocycles. The van der Waals surface area contributed by atoms with E-state index in [4.69, 9.17) is 11.6 Å². The molecule has 16 heavy (non-hydrogen) atoms. The number of piperidine rings is 1. The molecule has 1 fully saturated rings. The molecule has 0 bridgehead atoms. The van der Waals surface area contributed by atoms with Crippen LogP contribution in [0.2, 0.25) is 0 Å². The van der Waals surface area contributed by atoms with Crippen LogP contribution < -0.4 is 0 Å². The van der Waals surface area contributed by atoms with Crippen LogP contribution in [-0.4, -0.2) is 34.4 Å². The predicted molar refractivity (Wildman–Crippen MR) is 60.4 cm³/mol. The predicted octanol–water partition coefficient (Wildman–Crippen LogP) is 2.15. The lowest BCUT2D eigenvalue weighted by Gasteiger charge is -2.32. The first kappa shape index (κ1) is 11.5. The Bertz CT molecular complexity index is 343. The zero-order valence-corrected chi connectivity index (χ0v) is 9.98. The third-order valence-electron chi connectivity index (χ3n) is 3.13. The van der Waals surface area contributed by atoms with Gasteiger partial charge in [0.25, 0.3) is 5.91 Å². The maximum atomic E-state index is 11.9. The first-order chi connectivity index (χ1) is 7.68. The highest BCUT2D eigenvalue weighted by Crippen LogP contribution is 2.24. The van der Waals surface area contributed by atoms with Crippen LogP contribution in [0.25, 0.3) is 0 Å². The molecule has 2 rings (SSSR count). The van der Waals surface area contributed by atoms with E-state index in [2.05, 4.69) is 9.68 Å². The molecule has 1 aromatic heterocycles. The van der Waals surface area contributed by atoms with Crippen LogP contribution in [0, 0.1) is 5.92 Å². The summed E-state index contributed by atoms with van der Waals surface area (Å²) in [5.41, 5.74) is 0.386. The standard InChI is InChI=1S/C11H15ClN2O2/c1-8(12)9-2-5-14(6-3-9)11(15)10-4-7-16-13-10/h4,7-9H,2-3,5-6H2,1H3. The summed E-state index contributed by atoms with van der Waals surface area (Å²) in [4.78, 5) is 13.7. The quantitative estimate of drug-likeness (QED) is 0.747. The fraction of sp³-hybridized carbons (Fsp3) is 0.636. The van der Waals surface area contributed by atoms with Gasteiger partial charge in [0, 0.05) is 24.5 Å². The van der Waals surface area contributed by atoms with Crippen molar-refractivity contribution in [3.8, 4) is 0 Å². The van der Waals surface area contributed by atoms with Gasteiger partial charge in [-0.1, -0.05) is 5.16 Å². The van der Waals surface area contributed by atoms with Crippen molar-refractivity contribution in [2.75, 3.05) is 13.1 Å². The first-order valence-corrected chi connectivity index (χ1v) is 5.96. The van der Waals surface area contributed by atoms with Crippen LogP contribution in [0.3, 0.4) is 0 Å². The van der Waals surface area contributed by atoms with Crippen molar-refractivity contribution < 1.29 is 9.32 Å². The van der Waals surface area contributed by atoms with Gasteiger partial charge in [0.15, 0.2) is 5.69 Å². The van der Waals surface area contributed by atoms with Crippen molar-refractivity contribution in [3.05, 3.63) is 18.0 Å². The molecule has 2 heterocycles. The molecule has 1 unspecified atom stereocenters. The van der Waals surface area contributed by atoms with Crippen molar-refractivity contribution in [2.45, 2.75) is 25.1 Å². The number of halogens is 1. The van der Waals surface area contributed by atoms with Gasteiger partial charge in [-0.15, -0.1) is 11.6 Å². The van der Waals surface area contributed by atoms with Crippen LogP contribution in [0.5, 0.6) is 0 Å². The van der Waals surface area contributed by atoms with E-state index in [9.17, 15) is 4.79 Å². The highest BCUT2D eigenvalue weighted by molar-refractivity contribution is 6.20. The second-order valence-corrected chi connectivity index (χ2v) is 4.88. The fourth-order valence-electron chi connectivity index (χ4n) is 2.05. The lowest BCUT2D eigenvalue weighted by Crippen LogP contribution is -2.40. The normalized spacial score (nSPS) is 19.8. The Balaban J connectivity index is 1.92. The molecule has 0 aliphatic carbocycles. The lowest BCUT2D eigenvalue weighted by molar-refractivity contribution is 0.0679. The Labute approximate surface area is 99.5 Å². The molecule has 1 amide bonds. The number of aromatic nitrogens is 1. The van der Waals surface area contributed by atoms with Crippen molar-refractivity contribution in [1.82, 2.24) is 10.1 Å². The van der Waals surface area contributed by atoms with Gasteiger partial charge in [-0.25, -0.2) is 0 Å². The summed E-state index contributed by atoms with van der Waals surface area (Å²) in [6, 6.07) is 1.60. The summed E-state index contributed by atoms with van der Waals surface area (Å²) in [7, 11) is 0. The molecule has 4 nitrogen and oxygen atoms in total. The fourth-order valence-corrected chi connectivity index (χ4v) is 2.30. The second kappa shape index (κ2) is 4.87. The third kappa shape index (κ3) is 2.38. The number of rotatable bonds is 2. The number of hydrogen-bond donors (Lipinski definition) is 0. The van der Waals surface area contributed by atoms with Gasteiger partial charge < -0.3 is 9.42 Å². The smallest absolute Gasteiger partial charge is 0.276 e. The lowest BCUT2D eigenvalue weighted by atomic mass is 9.94. The highest BCUT2D eigenvalue weighted by Gasteiger charge is 2.26. The first-order valence-electron chi connectivity index (χ1n) is 5.52. The second-order valence-electron chi connectivity index (χ2n) is 4.19. The van der Waals surface area contributed by atoms with Crippen molar-refractivity contribution >= 4 is 17.5 Å². The maximum Gasteiger partial charge on any atom is 0.276 e. The number of hydrogen-bond acceptors (Lipinski definition) is 3. The van der Waals surface area contributed by atoms with Crippen molar-refractivity contribution in [3.63, 3.8) is 0 Å². The highest BCUT2D eigenvalue weighted by atomic mass is 35.5. The van der Waals surface area contributed by atoms with E-state index >= 15 is 0 Å². The van der Waals surface area contributed by atoms with E-state index in [-0.39, 0.29) is 11.3 Å². The SMILES string of the molecule is CC(Cl)C1CCN(C(=O)c2ccon2)CC1. The summed E-state index contributed by atoms with van der Waals surface area (Å²) in [6.45, 7) is 3.53. The summed E-state index contributed by atoms with van der Waals surface area (Å²) in [5, 5.41) is 3.84. The molecule has 0 N–H and O–H groups in total. The van der Waals surface area contributed by atoms with Crippen LogP contribution in [0.1, 0.15) is 30.3 Å². The van der Waals surface area contributed by atoms with Gasteiger partial charge >= 0.3 is 0 Å². The van der Waals surface area contributed by atoms with Crippen molar-refractivity contribution in [1.29, 1.82) is 0 Å². The van der Waals surface area contributed by atoms with E-state index in [0.29, 0.717) is 11.6 Å². The van der Waals surface area contributed by atoms with E-state index in [0.717, 1.165) is 25.9 Å². The zero-order chi connectivity index (χ0) is 11.5. The Morgan fingerprint density at radius 3 is 2.81 bits per heavy atom. The third-order valence-corrected chi connectivity index (χ3v) is 3.49. The topological polar surface area (TPSA) is 46.3 Å². The van der Waals surface area contributed by atoms with Crippen LogP contribution in [-0.2, 0) is 0 Å². The van der Waals surface area contributed by atoms with Gasteiger partial charge in [-0.3, -0.25) is 4.79 Å². The minimum atomic E-state index is -0.0468. The van der Waals surface area contributed by atoms with E-state index < -0.39 is 0 Å². The van der Waals surface area contributed by atoms with Crippen molar-refractivity contribution in [2.24, 2.45) is 5.92 Å². The van der Waals surface area contributed by atoms with Crippen LogP contribution in [0.15, 0.2) is 16.9 Å². The zero-order valence-electron chi connectivity index (χ0n) is 9.23. The molecule has 0 radical (unpaired) electrons. The van der Waals surface area contributed by atoms with Gasteiger partial charge in [0.05, 0.1) is 0 Å². The number of nitrogens with zero attached hydrogens (tertiary/aromatic N) is 2. The van der Waals surface area contributed by atoms with E-state index in [1.54, 1.807) is 6.07 Å². The molecule has 1 aliphatic heterocycles.